The molecule has 0 aliphatic rings. The highest BCUT2D eigenvalue weighted by Crippen LogP contribution is 2.17. The number of hydrogen-bond acceptors (Lipinski definition) is 3. The number of carbonyl (C=O) groups is 2. The van der Waals surface area contributed by atoms with Crippen molar-refractivity contribution in [2.24, 2.45) is 0 Å². The second kappa shape index (κ2) is 8.25. The molecule has 7 heteroatoms. The minimum absolute atomic E-state index is 0.159. The highest BCUT2D eigenvalue weighted by Gasteiger charge is 2.13. The molecule has 0 atom stereocenters. The Kier molecular flexibility index (Phi) is 5.80. The summed E-state index contributed by atoms with van der Waals surface area (Å²) >= 11 is 6.70. The van der Waals surface area contributed by atoms with E-state index in [1.807, 2.05) is 24.3 Å². The van der Waals surface area contributed by atoms with E-state index in [1.165, 1.54) is 0 Å². The SMILES string of the molecule is O=C(Nc1cccc(Br)c1)c1cccc(C(=O)Nc2cccc(Br)c2)n1. The average Bonchev–Trinajstić information content (AvgIpc) is 2.62. The van der Waals surface area contributed by atoms with Crippen LogP contribution < -0.4 is 10.6 Å². The van der Waals surface area contributed by atoms with Gasteiger partial charge in [-0.3, -0.25) is 9.59 Å². The Balaban J connectivity index is 1.75. The fourth-order valence-electron chi connectivity index (χ4n) is 2.21. The lowest BCUT2D eigenvalue weighted by Gasteiger charge is -2.08. The van der Waals surface area contributed by atoms with Gasteiger partial charge in [0.15, 0.2) is 0 Å². The molecule has 5 nitrogen and oxygen atoms in total. The number of halogens is 2. The normalized spacial score (nSPS) is 10.2. The molecule has 3 rings (SSSR count). The van der Waals surface area contributed by atoms with Crippen molar-refractivity contribution in [1.29, 1.82) is 0 Å². The number of aromatic nitrogens is 1. The largest absolute Gasteiger partial charge is 0.321 e. The fourth-order valence-corrected chi connectivity index (χ4v) is 3.01. The van der Waals surface area contributed by atoms with E-state index in [-0.39, 0.29) is 23.2 Å². The number of nitrogens with one attached hydrogen (secondary N) is 2. The molecule has 0 fully saturated rings. The minimum atomic E-state index is -0.389. The van der Waals surface area contributed by atoms with Crippen LogP contribution in [0, 0.1) is 0 Å². The summed E-state index contributed by atoms with van der Waals surface area (Å²) in [5.41, 5.74) is 1.59. The topological polar surface area (TPSA) is 71.1 Å². The number of anilines is 2. The number of hydrogen-bond donors (Lipinski definition) is 2. The van der Waals surface area contributed by atoms with Gasteiger partial charge < -0.3 is 10.6 Å². The first kappa shape index (κ1) is 18.3. The Hall–Kier alpha value is -2.51. The van der Waals surface area contributed by atoms with Gasteiger partial charge in [-0.05, 0) is 48.5 Å². The van der Waals surface area contributed by atoms with E-state index in [0.29, 0.717) is 11.4 Å². The first-order valence-corrected chi connectivity index (χ1v) is 9.21. The summed E-state index contributed by atoms with van der Waals surface area (Å²) in [5.74, 6) is -0.777. The maximum atomic E-state index is 12.4. The molecular weight excluding hydrogens is 462 g/mol. The lowest BCUT2D eigenvalue weighted by molar-refractivity contribution is 0.101. The number of carbonyl (C=O) groups excluding carboxylic acids is 2. The molecular formula is C19H13Br2N3O2. The van der Waals surface area contributed by atoms with Gasteiger partial charge in [0.2, 0.25) is 0 Å². The quantitative estimate of drug-likeness (QED) is 0.551. The lowest BCUT2D eigenvalue weighted by Crippen LogP contribution is -2.18. The van der Waals surface area contributed by atoms with Crippen molar-refractivity contribution in [1.82, 2.24) is 4.98 Å². The molecule has 1 heterocycles. The second-order valence-corrected chi connectivity index (χ2v) is 7.17. The summed E-state index contributed by atoms with van der Waals surface area (Å²) in [6.07, 6.45) is 0. The summed E-state index contributed by atoms with van der Waals surface area (Å²) in [6, 6.07) is 19.2. The molecule has 0 spiro atoms. The van der Waals surface area contributed by atoms with E-state index < -0.39 is 0 Å². The van der Waals surface area contributed by atoms with Gasteiger partial charge in [-0.1, -0.05) is 50.1 Å². The van der Waals surface area contributed by atoms with Gasteiger partial charge in [0.05, 0.1) is 0 Å². The third-order valence-corrected chi connectivity index (χ3v) is 4.37. The van der Waals surface area contributed by atoms with Gasteiger partial charge in [0.1, 0.15) is 11.4 Å². The molecule has 0 aliphatic heterocycles. The zero-order chi connectivity index (χ0) is 18.5. The van der Waals surface area contributed by atoms with Crippen molar-refractivity contribution in [3.8, 4) is 0 Å². The molecule has 0 radical (unpaired) electrons. The Morgan fingerprint density at radius 3 is 1.54 bits per heavy atom. The Morgan fingerprint density at radius 2 is 1.12 bits per heavy atom. The van der Waals surface area contributed by atoms with Crippen LogP contribution in [0.25, 0.3) is 0 Å². The van der Waals surface area contributed by atoms with Crippen LogP contribution in [0.5, 0.6) is 0 Å². The molecule has 2 aromatic carbocycles. The van der Waals surface area contributed by atoms with Crippen molar-refractivity contribution < 1.29 is 9.59 Å². The van der Waals surface area contributed by atoms with E-state index in [1.54, 1.807) is 42.5 Å². The van der Waals surface area contributed by atoms with E-state index in [0.717, 1.165) is 8.95 Å². The highest BCUT2D eigenvalue weighted by atomic mass is 79.9. The van der Waals surface area contributed by atoms with E-state index in [2.05, 4.69) is 47.5 Å². The van der Waals surface area contributed by atoms with Gasteiger partial charge in [0.25, 0.3) is 11.8 Å². The summed E-state index contributed by atoms with van der Waals surface area (Å²) in [5, 5.41) is 5.51. The van der Waals surface area contributed by atoms with Crippen LogP contribution in [0.2, 0.25) is 0 Å². The Labute approximate surface area is 167 Å². The lowest BCUT2D eigenvalue weighted by atomic mass is 10.2. The monoisotopic (exact) mass is 473 g/mol. The second-order valence-electron chi connectivity index (χ2n) is 5.34. The van der Waals surface area contributed by atoms with Crippen molar-refractivity contribution in [3.63, 3.8) is 0 Å². The Morgan fingerprint density at radius 1 is 0.692 bits per heavy atom. The summed E-state index contributed by atoms with van der Waals surface area (Å²) in [7, 11) is 0. The fraction of sp³-hybridized carbons (Fsp3) is 0. The molecule has 0 saturated heterocycles. The molecule has 3 aromatic rings. The molecule has 0 saturated carbocycles. The molecule has 2 N–H and O–H groups in total. The summed E-state index contributed by atoms with van der Waals surface area (Å²) in [6.45, 7) is 0. The van der Waals surface area contributed by atoms with Crippen molar-refractivity contribution in [3.05, 3.63) is 87.1 Å². The van der Waals surface area contributed by atoms with Crippen LogP contribution in [-0.2, 0) is 0 Å². The van der Waals surface area contributed by atoms with Gasteiger partial charge in [-0.15, -0.1) is 0 Å². The van der Waals surface area contributed by atoms with Gasteiger partial charge in [-0.25, -0.2) is 4.98 Å². The van der Waals surface area contributed by atoms with Gasteiger partial charge in [-0.2, -0.15) is 0 Å². The zero-order valence-corrected chi connectivity index (χ0v) is 16.5. The van der Waals surface area contributed by atoms with E-state index >= 15 is 0 Å². The molecule has 0 aliphatic carbocycles. The molecule has 130 valence electrons. The number of benzene rings is 2. The first-order chi connectivity index (χ1) is 12.5. The van der Waals surface area contributed by atoms with E-state index in [9.17, 15) is 9.59 Å². The minimum Gasteiger partial charge on any atom is -0.321 e. The van der Waals surface area contributed by atoms with E-state index in [4.69, 9.17) is 0 Å². The van der Waals surface area contributed by atoms with Crippen LogP contribution in [-0.4, -0.2) is 16.8 Å². The standard InChI is InChI=1S/C19H13Br2N3O2/c20-12-4-1-6-14(10-12)22-18(25)16-8-3-9-17(24-16)19(26)23-15-7-2-5-13(21)11-15/h1-11H,(H,22,25)(H,23,26). The Bertz CT molecular complexity index is 902. The van der Waals surface area contributed by atoms with Crippen LogP contribution in [0.15, 0.2) is 75.7 Å². The van der Waals surface area contributed by atoms with Crippen molar-refractivity contribution >= 4 is 55.0 Å². The van der Waals surface area contributed by atoms with Crippen LogP contribution in [0.1, 0.15) is 21.0 Å². The van der Waals surface area contributed by atoms with Gasteiger partial charge in [0, 0.05) is 20.3 Å². The third-order valence-electron chi connectivity index (χ3n) is 3.38. The first-order valence-electron chi connectivity index (χ1n) is 7.62. The van der Waals surface area contributed by atoms with Crippen LogP contribution in [0.3, 0.4) is 0 Å². The zero-order valence-electron chi connectivity index (χ0n) is 13.4. The number of amides is 2. The van der Waals surface area contributed by atoms with Crippen LogP contribution >= 0.6 is 31.9 Å². The maximum Gasteiger partial charge on any atom is 0.274 e. The third kappa shape index (κ3) is 4.77. The summed E-state index contributed by atoms with van der Waals surface area (Å²) < 4.78 is 1.70. The molecule has 0 bridgehead atoms. The molecule has 0 unspecified atom stereocenters. The number of rotatable bonds is 4. The number of nitrogens with zero attached hydrogens (tertiary/aromatic N) is 1. The predicted octanol–water partition coefficient (Wildman–Crippen LogP) is 5.11. The van der Waals surface area contributed by atoms with Gasteiger partial charge >= 0.3 is 0 Å². The highest BCUT2D eigenvalue weighted by molar-refractivity contribution is 9.10. The van der Waals surface area contributed by atoms with Crippen LogP contribution in [0.4, 0.5) is 11.4 Å². The summed E-state index contributed by atoms with van der Waals surface area (Å²) in [4.78, 5) is 28.9. The maximum absolute atomic E-state index is 12.4. The predicted molar refractivity (Wildman–Crippen MR) is 108 cm³/mol. The number of pyridine rings is 1. The van der Waals surface area contributed by atoms with Crippen molar-refractivity contribution in [2.75, 3.05) is 10.6 Å². The average molecular weight is 475 g/mol. The molecule has 26 heavy (non-hydrogen) atoms. The molecule has 2 amide bonds. The smallest absolute Gasteiger partial charge is 0.274 e. The molecule has 1 aromatic heterocycles. The van der Waals surface area contributed by atoms with Crippen molar-refractivity contribution in [2.45, 2.75) is 0 Å².